The number of H-pyrrole nitrogens is 2. The van der Waals surface area contributed by atoms with Crippen LogP contribution in [0, 0.1) is 11.6 Å². The molecule has 10 heteroatoms. The van der Waals surface area contributed by atoms with E-state index >= 15 is 4.39 Å². The molecule has 4 aromatic heterocycles. The van der Waals surface area contributed by atoms with Crippen molar-refractivity contribution in [1.82, 2.24) is 30.1 Å². The standard InChI is InChI=1S/C27H19F2N7O/c1-2-23(37)32-17-9-15(12-30-13-17)19-10-20-22(11-21(19)29)35-36-25(20)27-33-24-18(7-8-31-26(24)34-27)14-3-5-16(28)6-4-14/h3-13H,2H2,1H3,(H,32,37)(H,35,36)(H,31,33,34). The number of nitrogens with one attached hydrogen (secondary N) is 3. The highest BCUT2D eigenvalue weighted by Gasteiger charge is 2.18. The molecule has 0 radical (unpaired) electrons. The Hall–Kier alpha value is -4.99. The minimum absolute atomic E-state index is 0.162. The highest BCUT2D eigenvalue weighted by atomic mass is 19.1. The third-order valence-corrected chi connectivity index (χ3v) is 6.08. The number of hydrogen-bond donors (Lipinski definition) is 3. The molecule has 6 rings (SSSR count). The van der Waals surface area contributed by atoms with Crippen LogP contribution < -0.4 is 5.32 Å². The van der Waals surface area contributed by atoms with E-state index in [-0.39, 0.29) is 11.7 Å². The summed E-state index contributed by atoms with van der Waals surface area (Å²) in [6.07, 6.45) is 5.00. The van der Waals surface area contributed by atoms with Gasteiger partial charge in [0.15, 0.2) is 11.5 Å². The lowest BCUT2D eigenvalue weighted by Crippen LogP contribution is -2.09. The van der Waals surface area contributed by atoms with Crippen LogP contribution in [0.1, 0.15) is 13.3 Å². The molecule has 0 atom stereocenters. The molecule has 6 aromatic rings. The lowest BCUT2D eigenvalue weighted by Gasteiger charge is -2.08. The molecule has 3 N–H and O–H groups in total. The molecule has 0 bridgehead atoms. The lowest BCUT2D eigenvalue weighted by atomic mass is 10.0. The Labute approximate surface area is 208 Å². The molecule has 1 amide bonds. The quantitative estimate of drug-likeness (QED) is 0.277. The Kier molecular flexibility index (Phi) is 5.41. The first kappa shape index (κ1) is 22.5. The van der Waals surface area contributed by atoms with E-state index < -0.39 is 5.82 Å². The number of carbonyl (C=O) groups is 1. The van der Waals surface area contributed by atoms with Gasteiger partial charge >= 0.3 is 0 Å². The third kappa shape index (κ3) is 4.08. The topological polar surface area (TPSA) is 112 Å². The van der Waals surface area contributed by atoms with E-state index in [9.17, 15) is 9.18 Å². The van der Waals surface area contributed by atoms with Crippen LogP contribution in [0.15, 0.2) is 67.1 Å². The van der Waals surface area contributed by atoms with Crippen molar-refractivity contribution in [2.45, 2.75) is 13.3 Å². The summed E-state index contributed by atoms with van der Waals surface area (Å²) in [7, 11) is 0. The summed E-state index contributed by atoms with van der Waals surface area (Å²) in [6, 6.07) is 12.7. The first-order chi connectivity index (χ1) is 18.0. The van der Waals surface area contributed by atoms with E-state index in [0.717, 1.165) is 11.1 Å². The molecule has 0 fully saturated rings. The number of hydrogen-bond acceptors (Lipinski definition) is 5. The van der Waals surface area contributed by atoms with Gasteiger partial charge in [0, 0.05) is 47.0 Å². The zero-order chi connectivity index (χ0) is 25.5. The third-order valence-electron chi connectivity index (χ3n) is 6.08. The summed E-state index contributed by atoms with van der Waals surface area (Å²) in [5.41, 5.74) is 5.03. The van der Waals surface area contributed by atoms with Crippen LogP contribution in [0.4, 0.5) is 14.5 Å². The van der Waals surface area contributed by atoms with E-state index in [4.69, 9.17) is 0 Å². The molecule has 0 saturated heterocycles. The van der Waals surface area contributed by atoms with Crippen molar-refractivity contribution in [3.63, 3.8) is 0 Å². The molecule has 0 aliphatic heterocycles. The summed E-state index contributed by atoms with van der Waals surface area (Å²) in [5.74, 6) is -0.499. The molecule has 0 saturated carbocycles. The molecule has 0 spiro atoms. The van der Waals surface area contributed by atoms with Gasteiger partial charge in [-0.05, 0) is 35.9 Å². The van der Waals surface area contributed by atoms with Gasteiger partial charge in [0.25, 0.3) is 0 Å². The highest BCUT2D eigenvalue weighted by molar-refractivity contribution is 5.98. The molecular formula is C27H19F2N7O. The molecule has 8 nitrogen and oxygen atoms in total. The number of anilines is 1. The normalized spacial score (nSPS) is 11.3. The second kappa shape index (κ2) is 8.90. The number of benzene rings is 2. The SMILES string of the molecule is CCC(=O)Nc1cncc(-c2cc3c(-c4nc5nccc(-c6ccc(F)cc6)c5[nH]4)n[nH]c3cc2F)c1. The minimum Gasteiger partial charge on any atom is -0.335 e. The van der Waals surface area contributed by atoms with Crippen molar-refractivity contribution >= 4 is 33.7 Å². The summed E-state index contributed by atoms with van der Waals surface area (Å²) < 4.78 is 28.5. The van der Waals surface area contributed by atoms with Gasteiger partial charge in [-0.1, -0.05) is 19.1 Å². The smallest absolute Gasteiger partial charge is 0.224 e. The van der Waals surface area contributed by atoms with Crippen molar-refractivity contribution in [2.75, 3.05) is 5.32 Å². The van der Waals surface area contributed by atoms with E-state index in [1.807, 2.05) is 6.07 Å². The Bertz CT molecular complexity index is 1790. The number of imidazole rings is 1. The maximum atomic E-state index is 15.1. The fourth-order valence-electron chi connectivity index (χ4n) is 4.24. The number of nitrogens with zero attached hydrogens (tertiary/aromatic N) is 4. The van der Waals surface area contributed by atoms with Crippen LogP contribution in [-0.4, -0.2) is 36.0 Å². The van der Waals surface area contributed by atoms with Crippen LogP contribution in [-0.2, 0) is 4.79 Å². The maximum Gasteiger partial charge on any atom is 0.224 e. The number of rotatable bonds is 5. The molecule has 37 heavy (non-hydrogen) atoms. The second-order valence-electron chi connectivity index (χ2n) is 8.46. The number of aromatic nitrogens is 6. The zero-order valence-corrected chi connectivity index (χ0v) is 19.5. The summed E-state index contributed by atoms with van der Waals surface area (Å²) in [6.45, 7) is 1.75. The van der Waals surface area contributed by atoms with Gasteiger partial charge in [0.2, 0.25) is 5.91 Å². The average molecular weight is 495 g/mol. The Morgan fingerprint density at radius 3 is 2.65 bits per heavy atom. The van der Waals surface area contributed by atoms with Gasteiger partial charge in [-0.15, -0.1) is 0 Å². The van der Waals surface area contributed by atoms with Gasteiger partial charge in [0.05, 0.1) is 22.9 Å². The Morgan fingerprint density at radius 2 is 1.84 bits per heavy atom. The van der Waals surface area contributed by atoms with Crippen molar-refractivity contribution in [3.8, 4) is 33.8 Å². The number of carbonyl (C=O) groups excluding carboxylic acids is 1. The Balaban J connectivity index is 1.45. The molecular weight excluding hydrogens is 476 g/mol. The maximum absolute atomic E-state index is 15.1. The molecule has 2 aromatic carbocycles. The van der Waals surface area contributed by atoms with Gasteiger partial charge < -0.3 is 10.3 Å². The van der Waals surface area contributed by atoms with Gasteiger partial charge in [-0.3, -0.25) is 14.9 Å². The van der Waals surface area contributed by atoms with Gasteiger partial charge in [-0.2, -0.15) is 5.10 Å². The average Bonchev–Trinajstić information content (AvgIpc) is 3.52. The molecule has 182 valence electrons. The largest absolute Gasteiger partial charge is 0.335 e. The Morgan fingerprint density at radius 1 is 1.00 bits per heavy atom. The molecule has 4 heterocycles. The van der Waals surface area contributed by atoms with Crippen molar-refractivity contribution in [2.24, 2.45) is 0 Å². The lowest BCUT2D eigenvalue weighted by molar-refractivity contribution is -0.115. The van der Waals surface area contributed by atoms with E-state index in [2.05, 4.69) is 35.5 Å². The number of fused-ring (bicyclic) bond motifs is 2. The van der Waals surface area contributed by atoms with E-state index in [1.54, 1.807) is 37.4 Å². The highest BCUT2D eigenvalue weighted by Crippen LogP contribution is 2.34. The summed E-state index contributed by atoms with van der Waals surface area (Å²) >= 11 is 0. The molecule has 0 aliphatic rings. The first-order valence-corrected chi connectivity index (χ1v) is 11.5. The predicted octanol–water partition coefficient (Wildman–Crippen LogP) is 5.86. The number of halogens is 2. The van der Waals surface area contributed by atoms with Crippen molar-refractivity contribution in [1.29, 1.82) is 0 Å². The monoisotopic (exact) mass is 495 g/mol. The molecule has 0 unspecified atom stereocenters. The number of amides is 1. The number of pyridine rings is 2. The second-order valence-corrected chi connectivity index (χ2v) is 8.46. The fraction of sp³-hybridized carbons (Fsp3) is 0.0741. The zero-order valence-electron chi connectivity index (χ0n) is 19.5. The van der Waals surface area contributed by atoms with Crippen molar-refractivity contribution < 1.29 is 13.6 Å². The van der Waals surface area contributed by atoms with Crippen LogP contribution in [0.2, 0.25) is 0 Å². The van der Waals surface area contributed by atoms with Crippen molar-refractivity contribution in [3.05, 3.63) is 78.8 Å². The fourth-order valence-corrected chi connectivity index (χ4v) is 4.24. The van der Waals surface area contributed by atoms with E-state index in [1.165, 1.54) is 30.6 Å². The molecule has 0 aliphatic carbocycles. The van der Waals surface area contributed by atoms with Crippen LogP contribution in [0.25, 0.3) is 55.8 Å². The van der Waals surface area contributed by atoms with Crippen LogP contribution in [0.3, 0.4) is 0 Å². The minimum atomic E-state index is -0.465. The van der Waals surface area contributed by atoms with Gasteiger partial charge in [0.1, 0.15) is 17.3 Å². The van der Waals surface area contributed by atoms with E-state index in [0.29, 0.717) is 56.8 Å². The van der Waals surface area contributed by atoms with Crippen LogP contribution >= 0.6 is 0 Å². The predicted molar refractivity (Wildman–Crippen MR) is 136 cm³/mol. The first-order valence-electron chi connectivity index (χ1n) is 11.5. The number of aromatic amines is 2. The van der Waals surface area contributed by atoms with Crippen LogP contribution in [0.5, 0.6) is 0 Å². The summed E-state index contributed by atoms with van der Waals surface area (Å²) in [5, 5.41) is 10.6. The van der Waals surface area contributed by atoms with Gasteiger partial charge in [-0.25, -0.2) is 18.7 Å². The summed E-state index contributed by atoms with van der Waals surface area (Å²) in [4.78, 5) is 28.2.